The zero-order chi connectivity index (χ0) is 86.0. The molecule has 20 nitrogen and oxygen atoms in total. The smallest absolute Gasteiger partial charge is 0.310 e. The van der Waals surface area contributed by atoms with Gasteiger partial charge in [0, 0.05) is 31.8 Å². The molecule has 20 heteroatoms. The molecule has 2 amide bonds. The zero-order valence-electron chi connectivity index (χ0n) is 76.5. The van der Waals surface area contributed by atoms with Crippen molar-refractivity contribution in [2.45, 2.75) is 564 Å². The standard InChI is InChI=1S/C98H182N2O18/c1-7-13-19-25-31-37-39-40-42-48-54-59-65-71-89(106)115-82(68-62-56-50-44-34-28-22-16-10-4)75-87(104)100-93-95(110)94(109)85(117-98(93)111)78-112-84-73-80(77-101)96(113-79-102)97(92(84)99-86(103)74-81(67-61-55-49-43-33-27-21-15-9-3)114-88(105)70-64-58-52-46-36-30-24-18-12-6)118-91(108)76-83(69-63-57-51-45-35-29-23-17-11-5)116-90(107)72-66-60-53-47-41-38-32-26-20-14-8-2/h79-85,92-98,101,109-111H,7-78H2,1-6H3,(H,99,103)(H,100,104)/t80?,81-,82-,83-,84?,85?,92?,93?,94?,95?,96?,97?,98?/m1/s1. The van der Waals surface area contributed by atoms with Crippen LogP contribution >= 0.6 is 0 Å². The molecule has 1 saturated carbocycles. The Labute approximate surface area is 719 Å². The number of ether oxygens (including phenoxy) is 7. The molecule has 692 valence electrons. The highest BCUT2D eigenvalue weighted by molar-refractivity contribution is 5.79. The molecule has 2 rings (SSSR count). The van der Waals surface area contributed by atoms with Crippen LogP contribution in [-0.4, -0.2) is 149 Å². The summed E-state index contributed by atoms with van der Waals surface area (Å²) in [5, 5.41) is 52.3. The van der Waals surface area contributed by atoms with Crippen LogP contribution in [0.15, 0.2) is 0 Å². The molecule has 1 saturated heterocycles. The maximum absolute atomic E-state index is 15.0. The van der Waals surface area contributed by atoms with E-state index in [1.807, 2.05) is 0 Å². The Morgan fingerprint density at radius 2 is 0.636 bits per heavy atom. The van der Waals surface area contributed by atoms with Crippen molar-refractivity contribution in [1.82, 2.24) is 10.6 Å². The molecule has 118 heavy (non-hydrogen) atoms. The summed E-state index contributed by atoms with van der Waals surface area (Å²) in [5.74, 6) is -4.18. The van der Waals surface area contributed by atoms with Gasteiger partial charge in [0.2, 0.25) is 11.8 Å². The van der Waals surface area contributed by atoms with Gasteiger partial charge in [0.05, 0.1) is 38.0 Å². The third kappa shape index (κ3) is 58.2. The molecule has 0 aromatic carbocycles. The molecule has 0 aromatic heterocycles. The van der Waals surface area contributed by atoms with Gasteiger partial charge in [0.1, 0.15) is 48.8 Å². The van der Waals surface area contributed by atoms with Gasteiger partial charge < -0.3 is 64.2 Å². The lowest BCUT2D eigenvalue weighted by Gasteiger charge is -2.46. The highest BCUT2D eigenvalue weighted by atomic mass is 16.6. The van der Waals surface area contributed by atoms with Gasteiger partial charge in [-0.25, -0.2) is 0 Å². The van der Waals surface area contributed by atoms with Crippen molar-refractivity contribution in [3.05, 3.63) is 0 Å². The third-order valence-electron chi connectivity index (χ3n) is 24.6. The fourth-order valence-corrected chi connectivity index (χ4v) is 17.1. The van der Waals surface area contributed by atoms with Crippen LogP contribution in [0.25, 0.3) is 0 Å². The molecule has 1 aliphatic carbocycles. The fourth-order valence-electron chi connectivity index (χ4n) is 17.1. The van der Waals surface area contributed by atoms with E-state index in [0.717, 1.165) is 148 Å². The number of carbonyl (C=O) groups excluding carboxylic acids is 7. The monoisotopic (exact) mass is 1680 g/mol. The second kappa shape index (κ2) is 77.8. The largest absolute Gasteiger partial charge is 0.462 e. The second-order valence-electron chi connectivity index (χ2n) is 35.6. The van der Waals surface area contributed by atoms with Crippen molar-refractivity contribution < 1.29 is 87.1 Å². The second-order valence-corrected chi connectivity index (χ2v) is 35.6. The highest BCUT2D eigenvalue weighted by Crippen LogP contribution is 2.35. The quantitative estimate of drug-likeness (QED) is 0.0143. The first kappa shape index (κ1) is 110. The number of aliphatic hydroxyl groups excluding tert-OH is 4. The summed E-state index contributed by atoms with van der Waals surface area (Å²) < 4.78 is 43.1. The number of esters is 4. The van der Waals surface area contributed by atoms with E-state index in [0.29, 0.717) is 51.4 Å². The van der Waals surface area contributed by atoms with Gasteiger partial charge in [0.25, 0.3) is 6.47 Å². The Bertz CT molecular complexity index is 2390. The highest BCUT2D eigenvalue weighted by Gasteiger charge is 2.51. The minimum atomic E-state index is -1.88. The first-order valence-electron chi connectivity index (χ1n) is 50.0. The summed E-state index contributed by atoms with van der Waals surface area (Å²) in [5.41, 5.74) is 0. The number of nitrogens with one attached hydrogen (secondary N) is 2. The predicted octanol–water partition coefficient (Wildman–Crippen LogP) is 23.0. The normalized spacial score (nSPS) is 20.1. The van der Waals surface area contributed by atoms with E-state index in [1.165, 1.54) is 205 Å². The van der Waals surface area contributed by atoms with Crippen molar-refractivity contribution in [2.24, 2.45) is 5.92 Å². The van der Waals surface area contributed by atoms with Crippen LogP contribution in [0.1, 0.15) is 491 Å². The number of rotatable bonds is 84. The number of carbonyl (C=O) groups is 7. The van der Waals surface area contributed by atoms with Gasteiger partial charge in [-0.3, -0.25) is 33.6 Å². The van der Waals surface area contributed by atoms with Crippen LogP contribution in [-0.2, 0) is 66.7 Å². The van der Waals surface area contributed by atoms with Crippen molar-refractivity contribution in [1.29, 1.82) is 0 Å². The van der Waals surface area contributed by atoms with E-state index in [2.05, 4.69) is 52.2 Å². The van der Waals surface area contributed by atoms with E-state index in [1.54, 1.807) is 0 Å². The topological polar surface area (TPSA) is 289 Å². The lowest BCUT2D eigenvalue weighted by Crippen LogP contribution is -2.66. The van der Waals surface area contributed by atoms with Crippen LogP contribution in [0.2, 0.25) is 0 Å². The number of amides is 2. The molecule has 0 spiro atoms. The zero-order valence-corrected chi connectivity index (χ0v) is 76.5. The molecule has 6 N–H and O–H groups in total. The first-order chi connectivity index (χ1) is 57.6. The summed E-state index contributed by atoms with van der Waals surface area (Å²) in [6.45, 7) is 12.3. The van der Waals surface area contributed by atoms with Crippen LogP contribution in [0.4, 0.5) is 0 Å². The van der Waals surface area contributed by atoms with Crippen molar-refractivity contribution >= 4 is 42.2 Å². The average molecular weight is 1680 g/mol. The van der Waals surface area contributed by atoms with Gasteiger partial charge in [-0.05, 0) is 64.2 Å². The minimum Gasteiger partial charge on any atom is -0.462 e. The Morgan fingerprint density at radius 3 is 0.932 bits per heavy atom. The summed E-state index contributed by atoms with van der Waals surface area (Å²) in [7, 11) is 0. The molecule has 10 unspecified atom stereocenters. The van der Waals surface area contributed by atoms with E-state index >= 15 is 0 Å². The minimum absolute atomic E-state index is 0.113. The Kier molecular flexibility index (Phi) is 72.6. The van der Waals surface area contributed by atoms with Gasteiger partial charge in [-0.1, -0.05) is 388 Å². The van der Waals surface area contributed by atoms with Crippen LogP contribution in [0, 0.1) is 5.92 Å². The summed E-state index contributed by atoms with van der Waals surface area (Å²) in [4.78, 5) is 97.4. The maximum atomic E-state index is 15.0. The summed E-state index contributed by atoms with van der Waals surface area (Å²) in [6, 6.07) is -2.86. The molecular weight excluding hydrogens is 1490 g/mol. The fraction of sp³-hybridized carbons (Fsp3) is 0.929. The van der Waals surface area contributed by atoms with Crippen molar-refractivity contribution in [3.8, 4) is 0 Å². The average Bonchev–Trinajstić information content (AvgIpc) is 0.783. The van der Waals surface area contributed by atoms with E-state index in [9.17, 15) is 54.0 Å². The molecule has 13 atom stereocenters. The van der Waals surface area contributed by atoms with Gasteiger partial charge in [-0.2, -0.15) is 0 Å². The number of hydrogen-bond acceptors (Lipinski definition) is 18. The first-order valence-corrected chi connectivity index (χ1v) is 50.0. The third-order valence-corrected chi connectivity index (χ3v) is 24.6. The van der Waals surface area contributed by atoms with Crippen LogP contribution in [0.5, 0.6) is 0 Å². The van der Waals surface area contributed by atoms with Gasteiger partial charge >= 0.3 is 23.9 Å². The molecular formula is C98H182N2O18. The van der Waals surface area contributed by atoms with Gasteiger partial charge in [-0.15, -0.1) is 0 Å². The summed E-state index contributed by atoms with van der Waals surface area (Å²) >= 11 is 0. The lowest BCUT2D eigenvalue weighted by atomic mass is 9.79. The van der Waals surface area contributed by atoms with Crippen LogP contribution < -0.4 is 10.6 Å². The summed E-state index contributed by atoms with van der Waals surface area (Å²) in [6.07, 6.45) is 53.7. The molecule has 2 fully saturated rings. The number of aliphatic hydroxyl groups is 4. The maximum Gasteiger partial charge on any atom is 0.310 e. The number of hydrogen-bond donors (Lipinski definition) is 6. The van der Waals surface area contributed by atoms with Crippen molar-refractivity contribution in [3.63, 3.8) is 0 Å². The molecule has 2 aliphatic rings. The lowest BCUT2D eigenvalue weighted by molar-refractivity contribution is -0.262. The SMILES string of the molecule is CCCCCCCCCCCCCCCC(=O)O[C@H](CCCCCCCCCCC)CC(=O)NC1C(O)OC(COC2CC(CO)C(OC=O)C(OC(=O)C[C@@H](CCCCCCCCCCC)OC(=O)CCCCCCCCCCCCC)C2NC(=O)C[C@@H](CCCCCCCCCCC)OC(=O)CCCCCCCCCCC)C(O)C1O. The van der Waals surface area contributed by atoms with E-state index in [4.69, 9.17) is 33.2 Å². The Morgan fingerprint density at radius 1 is 0.356 bits per heavy atom. The van der Waals surface area contributed by atoms with E-state index < -0.39 is 122 Å². The molecule has 0 radical (unpaired) electrons. The number of unbranched alkanes of at least 4 members (excludes halogenated alkanes) is 54. The molecule has 0 aromatic rings. The van der Waals surface area contributed by atoms with Crippen LogP contribution in [0.3, 0.4) is 0 Å². The molecule has 1 aliphatic heterocycles. The van der Waals surface area contributed by atoms with Crippen molar-refractivity contribution in [2.75, 3.05) is 13.2 Å². The van der Waals surface area contributed by atoms with Gasteiger partial charge in [0.15, 0.2) is 12.4 Å². The Hall–Kier alpha value is -3.95. The van der Waals surface area contributed by atoms with E-state index in [-0.39, 0.29) is 57.4 Å². The predicted molar refractivity (Wildman–Crippen MR) is 475 cm³/mol. The molecule has 1 heterocycles. The Balaban J connectivity index is 2.51. The molecule has 0 bridgehead atoms.